The molecule has 8 heteroatoms. The average Bonchev–Trinajstić information content (AvgIpc) is 2.85. The molecule has 1 atom stereocenters. The van der Waals surface area contributed by atoms with Gasteiger partial charge in [-0.3, -0.25) is 4.79 Å². The quantitative estimate of drug-likeness (QED) is 0.679. The van der Waals surface area contributed by atoms with Gasteiger partial charge in [0.2, 0.25) is 5.91 Å². The Hall–Kier alpha value is -2.06. The van der Waals surface area contributed by atoms with Crippen molar-refractivity contribution in [3.63, 3.8) is 0 Å². The largest absolute Gasteiger partial charge is 0.479 e. The van der Waals surface area contributed by atoms with E-state index in [0.717, 1.165) is 18.7 Å². The molecular weight excluding hydrogens is 296 g/mol. The molecule has 7 nitrogen and oxygen atoms in total. The predicted molar refractivity (Wildman–Crippen MR) is 76.0 cm³/mol. The van der Waals surface area contributed by atoms with Crippen LogP contribution in [0.25, 0.3) is 11.1 Å². The van der Waals surface area contributed by atoms with Crippen molar-refractivity contribution in [2.75, 3.05) is 12.3 Å². The third-order valence-electron chi connectivity index (χ3n) is 2.69. The number of aliphatic carboxylic acids is 1. The van der Waals surface area contributed by atoms with Crippen LogP contribution in [0.1, 0.15) is 6.92 Å². The van der Waals surface area contributed by atoms with Crippen LogP contribution in [-0.4, -0.2) is 45.0 Å². The molecule has 0 fully saturated rings. The van der Waals surface area contributed by atoms with Crippen molar-refractivity contribution in [2.24, 2.45) is 0 Å². The average molecular weight is 310 g/mol. The van der Waals surface area contributed by atoms with E-state index in [0.29, 0.717) is 16.3 Å². The number of hydrogen-bond acceptors (Lipinski definition) is 6. The molecule has 0 aliphatic heterocycles. The molecule has 21 heavy (non-hydrogen) atoms. The maximum atomic E-state index is 11.6. The van der Waals surface area contributed by atoms with Crippen LogP contribution in [0, 0.1) is 0 Å². The number of amides is 1. The number of carbonyl (C=O) groups is 2. The van der Waals surface area contributed by atoms with E-state index in [1.54, 1.807) is 12.1 Å². The summed E-state index contributed by atoms with van der Waals surface area (Å²) in [7, 11) is 0. The standard InChI is InChI=1S/C13H14N2O5S/c1-13(19,11(17)18)7-14-10(16)6-21-12-15-8-4-2-3-5-9(8)20-12/h2-5,19H,6-7H2,1H3,(H,14,16)(H,17,18). The van der Waals surface area contributed by atoms with Gasteiger partial charge in [-0.25, -0.2) is 9.78 Å². The molecule has 0 aliphatic rings. The Kier molecular flexibility index (Phi) is 4.49. The van der Waals surface area contributed by atoms with E-state index in [9.17, 15) is 14.7 Å². The summed E-state index contributed by atoms with van der Waals surface area (Å²) in [5.74, 6) is -1.79. The minimum absolute atomic E-state index is 0.0164. The van der Waals surface area contributed by atoms with E-state index in [4.69, 9.17) is 9.52 Å². The highest BCUT2D eigenvalue weighted by molar-refractivity contribution is 7.99. The molecule has 1 amide bonds. The SMILES string of the molecule is CC(O)(CNC(=O)CSc1nc2ccccc2o1)C(=O)O. The number of rotatable bonds is 6. The number of nitrogens with one attached hydrogen (secondary N) is 1. The van der Waals surface area contributed by atoms with Crippen LogP contribution in [0.4, 0.5) is 0 Å². The fraction of sp³-hybridized carbons (Fsp3) is 0.308. The first kappa shape index (κ1) is 15.3. The lowest BCUT2D eigenvalue weighted by Crippen LogP contribution is -2.46. The number of fused-ring (bicyclic) bond motifs is 1. The van der Waals surface area contributed by atoms with Gasteiger partial charge in [-0.15, -0.1) is 0 Å². The molecule has 3 N–H and O–H groups in total. The Balaban J connectivity index is 1.85. The Morgan fingerprint density at radius 3 is 2.81 bits per heavy atom. The molecule has 1 heterocycles. The summed E-state index contributed by atoms with van der Waals surface area (Å²) in [5, 5.41) is 20.9. The van der Waals surface area contributed by atoms with E-state index in [2.05, 4.69) is 10.3 Å². The summed E-state index contributed by atoms with van der Waals surface area (Å²) in [6, 6.07) is 7.23. The Morgan fingerprint density at radius 2 is 2.14 bits per heavy atom. The zero-order valence-corrected chi connectivity index (χ0v) is 12.0. The second kappa shape index (κ2) is 6.15. The Morgan fingerprint density at radius 1 is 1.43 bits per heavy atom. The van der Waals surface area contributed by atoms with Gasteiger partial charge >= 0.3 is 5.97 Å². The first-order valence-corrected chi connectivity index (χ1v) is 7.08. The lowest BCUT2D eigenvalue weighted by atomic mass is 10.1. The summed E-state index contributed by atoms with van der Waals surface area (Å²) in [6.07, 6.45) is 0. The van der Waals surface area contributed by atoms with Gasteiger partial charge < -0.3 is 19.9 Å². The Labute approximate surface area is 124 Å². The van der Waals surface area contributed by atoms with Crippen molar-refractivity contribution in [3.05, 3.63) is 24.3 Å². The highest BCUT2D eigenvalue weighted by atomic mass is 32.2. The number of aromatic nitrogens is 1. The first-order valence-electron chi connectivity index (χ1n) is 6.09. The van der Waals surface area contributed by atoms with Gasteiger partial charge in [0.1, 0.15) is 5.52 Å². The number of oxazole rings is 1. The van der Waals surface area contributed by atoms with Gasteiger partial charge in [0.25, 0.3) is 5.22 Å². The van der Waals surface area contributed by atoms with Crippen molar-refractivity contribution in [2.45, 2.75) is 17.7 Å². The van der Waals surface area contributed by atoms with Crippen LogP contribution in [-0.2, 0) is 9.59 Å². The molecule has 1 aromatic carbocycles. The van der Waals surface area contributed by atoms with Crippen LogP contribution in [0.15, 0.2) is 33.9 Å². The summed E-state index contributed by atoms with van der Waals surface area (Å²) in [6.45, 7) is 0.749. The molecule has 0 bridgehead atoms. The van der Waals surface area contributed by atoms with E-state index < -0.39 is 17.5 Å². The van der Waals surface area contributed by atoms with Gasteiger partial charge in [0.05, 0.1) is 12.3 Å². The number of benzene rings is 1. The lowest BCUT2D eigenvalue weighted by molar-refractivity contribution is -0.156. The van der Waals surface area contributed by atoms with Gasteiger partial charge in [0.15, 0.2) is 11.2 Å². The molecule has 0 saturated heterocycles. The zero-order valence-electron chi connectivity index (χ0n) is 11.2. The maximum absolute atomic E-state index is 11.6. The fourth-order valence-corrected chi connectivity index (χ4v) is 2.11. The third kappa shape index (κ3) is 3.96. The highest BCUT2D eigenvalue weighted by Crippen LogP contribution is 2.22. The molecule has 2 aromatic rings. The van der Waals surface area contributed by atoms with Gasteiger partial charge in [-0.05, 0) is 19.1 Å². The van der Waals surface area contributed by atoms with Gasteiger partial charge in [-0.1, -0.05) is 23.9 Å². The molecular formula is C13H14N2O5S. The van der Waals surface area contributed by atoms with E-state index in [1.807, 2.05) is 12.1 Å². The molecule has 1 unspecified atom stereocenters. The lowest BCUT2D eigenvalue weighted by Gasteiger charge is -2.17. The van der Waals surface area contributed by atoms with Gasteiger partial charge in [0, 0.05) is 0 Å². The minimum atomic E-state index is -1.99. The predicted octanol–water partition coefficient (Wildman–Crippen LogP) is 0.872. The van der Waals surface area contributed by atoms with Crippen molar-refractivity contribution >= 4 is 34.7 Å². The number of carboxylic acids is 1. The number of aliphatic hydroxyl groups is 1. The molecule has 112 valence electrons. The number of hydrogen-bond donors (Lipinski definition) is 3. The number of nitrogens with zero attached hydrogens (tertiary/aromatic N) is 1. The van der Waals surface area contributed by atoms with E-state index in [1.165, 1.54) is 0 Å². The van der Waals surface area contributed by atoms with E-state index in [-0.39, 0.29) is 12.3 Å². The molecule has 0 saturated carbocycles. The van der Waals surface area contributed by atoms with Crippen molar-refractivity contribution in [1.29, 1.82) is 0 Å². The smallest absolute Gasteiger partial charge is 0.337 e. The third-order valence-corrected chi connectivity index (χ3v) is 3.52. The number of para-hydroxylation sites is 2. The summed E-state index contributed by atoms with van der Waals surface area (Å²) in [4.78, 5) is 26.5. The normalized spacial score (nSPS) is 13.8. The van der Waals surface area contributed by atoms with Crippen molar-refractivity contribution in [1.82, 2.24) is 10.3 Å². The van der Waals surface area contributed by atoms with Crippen LogP contribution >= 0.6 is 11.8 Å². The first-order chi connectivity index (χ1) is 9.88. The van der Waals surface area contributed by atoms with Crippen LogP contribution in [0.2, 0.25) is 0 Å². The Bertz CT molecular complexity index is 634. The molecule has 0 aliphatic carbocycles. The van der Waals surface area contributed by atoms with Crippen LogP contribution < -0.4 is 5.32 Å². The molecule has 1 aromatic heterocycles. The van der Waals surface area contributed by atoms with Gasteiger partial charge in [-0.2, -0.15) is 0 Å². The number of thioether (sulfide) groups is 1. The zero-order chi connectivity index (χ0) is 15.5. The molecule has 0 spiro atoms. The topological polar surface area (TPSA) is 113 Å². The van der Waals surface area contributed by atoms with E-state index >= 15 is 0 Å². The van der Waals surface area contributed by atoms with Crippen LogP contribution in [0.5, 0.6) is 0 Å². The second-order valence-electron chi connectivity index (χ2n) is 4.59. The molecule has 2 rings (SSSR count). The summed E-state index contributed by atoms with van der Waals surface area (Å²) < 4.78 is 5.43. The second-order valence-corrected chi connectivity index (χ2v) is 5.52. The highest BCUT2D eigenvalue weighted by Gasteiger charge is 2.30. The van der Waals surface area contributed by atoms with Crippen molar-refractivity contribution in [3.8, 4) is 0 Å². The monoisotopic (exact) mass is 310 g/mol. The fourth-order valence-electron chi connectivity index (χ4n) is 1.44. The summed E-state index contributed by atoms with van der Waals surface area (Å²) >= 11 is 1.09. The minimum Gasteiger partial charge on any atom is -0.479 e. The van der Waals surface area contributed by atoms with Crippen LogP contribution in [0.3, 0.4) is 0 Å². The molecule has 0 radical (unpaired) electrons. The maximum Gasteiger partial charge on any atom is 0.337 e. The number of carboxylic acid groups (broad SMARTS) is 1. The van der Waals surface area contributed by atoms with Crippen molar-refractivity contribution < 1.29 is 24.2 Å². The summed E-state index contributed by atoms with van der Waals surface area (Å²) in [5.41, 5.74) is -0.652. The number of carbonyl (C=O) groups excluding carboxylic acids is 1.